The van der Waals surface area contributed by atoms with Gasteiger partial charge >= 0.3 is 12.1 Å². The van der Waals surface area contributed by atoms with Gasteiger partial charge in [-0.2, -0.15) is 0 Å². The predicted octanol–water partition coefficient (Wildman–Crippen LogP) is 2.59. The zero-order chi connectivity index (χ0) is 14.6. The second kappa shape index (κ2) is 6.26. The molecule has 0 N–H and O–H groups in total. The van der Waals surface area contributed by atoms with E-state index in [1.54, 1.807) is 18.7 Å². The van der Waals surface area contributed by atoms with Crippen LogP contribution in [0.25, 0.3) is 0 Å². The van der Waals surface area contributed by atoms with Crippen molar-refractivity contribution in [3.05, 3.63) is 0 Å². The number of rotatable bonds is 5. The van der Waals surface area contributed by atoms with Crippen LogP contribution >= 0.6 is 0 Å². The third-order valence-electron chi connectivity index (χ3n) is 2.78. The van der Waals surface area contributed by atoms with E-state index in [9.17, 15) is 9.59 Å². The summed E-state index contributed by atoms with van der Waals surface area (Å²) in [6, 6.07) is 0.215. The molecule has 19 heavy (non-hydrogen) atoms. The summed E-state index contributed by atoms with van der Waals surface area (Å²) in [6.07, 6.45) is 1.62. The van der Waals surface area contributed by atoms with Crippen molar-refractivity contribution in [1.82, 2.24) is 4.90 Å². The highest BCUT2D eigenvalue weighted by molar-refractivity contribution is 5.74. The van der Waals surface area contributed by atoms with E-state index >= 15 is 0 Å². The van der Waals surface area contributed by atoms with E-state index in [0.29, 0.717) is 13.2 Å². The lowest BCUT2D eigenvalue weighted by atomic mass is 10.1. The van der Waals surface area contributed by atoms with Crippen LogP contribution in [0, 0.1) is 5.92 Å². The zero-order valence-corrected chi connectivity index (χ0v) is 12.6. The summed E-state index contributed by atoms with van der Waals surface area (Å²) < 4.78 is 10.3. The molecular weight excluding hydrogens is 246 g/mol. The second-order valence-corrected chi connectivity index (χ2v) is 6.02. The smallest absolute Gasteiger partial charge is 0.410 e. The van der Waals surface area contributed by atoms with Crippen LogP contribution in [0.15, 0.2) is 0 Å². The Bertz CT molecular complexity index is 331. The molecule has 0 aromatic rings. The minimum atomic E-state index is -0.516. The minimum Gasteiger partial charge on any atom is -0.466 e. The lowest BCUT2D eigenvalue weighted by Crippen LogP contribution is -2.42. The molecule has 1 amide bonds. The number of nitrogens with zero attached hydrogens (tertiary/aromatic N) is 1. The number of hydrogen-bond donors (Lipinski definition) is 0. The topological polar surface area (TPSA) is 55.8 Å². The number of amides is 1. The van der Waals surface area contributed by atoms with Crippen molar-refractivity contribution in [1.29, 1.82) is 0 Å². The van der Waals surface area contributed by atoms with Gasteiger partial charge in [0.1, 0.15) is 5.60 Å². The van der Waals surface area contributed by atoms with Gasteiger partial charge in [-0.15, -0.1) is 0 Å². The van der Waals surface area contributed by atoms with Crippen LogP contribution in [0.2, 0.25) is 0 Å². The van der Waals surface area contributed by atoms with Gasteiger partial charge < -0.3 is 14.4 Å². The molecule has 0 bridgehead atoms. The SMILES string of the molecule is CCOC(=O)C(C)CN(C(=O)OC(C)(C)C)C1CC1. The Hall–Kier alpha value is -1.26. The Morgan fingerprint density at radius 3 is 2.32 bits per heavy atom. The van der Waals surface area contributed by atoms with Crippen molar-refractivity contribution in [2.45, 2.75) is 59.1 Å². The summed E-state index contributed by atoms with van der Waals surface area (Å²) in [7, 11) is 0. The molecule has 5 nitrogen and oxygen atoms in total. The fourth-order valence-electron chi connectivity index (χ4n) is 1.73. The maximum absolute atomic E-state index is 12.1. The Morgan fingerprint density at radius 1 is 1.32 bits per heavy atom. The first-order chi connectivity index (χ1) is 8.74. The van der Waals surface area contributed by atoms with Crippen LogP contribution in [0.4, 0.5) is 4.79 Å². The van der Waals surface area contributed by atoms with Crippen molar-refractivity contribution in [2.75, 3.05) is 13.2 Å². The van der Waals surface area contributed by atoms with E-state index in [2.05, 4.69) is 0 Å². The van der Waals surface area contributed by atoms with Gasteiger partial charge in [0.25, 0.3) is 0 Å². The molecule has 0 aromatic heterocycles. The van der Waals surface area contributed by atoms with Gasteiger partial charge in [-0.05, 0) is 40.5 Å². The number of carbonyl (C=O) groups is 2. The molecule has 1 unspecified atom stereocenters. The maximum Gasteiger partial charge on any atom is 0.410 e. The maximum atomic E-state index is 12.1. The van der Waals surface area contributed by atoms with Crippen LogP contribution in [-0.4, -0.2) is 41.8 Å². The van der Waals surface area contributed by atoms with Crippen molar-refractivity contribution in [2.24, 2.45) is 5.92 Å². The second-order valence-electron chi connectivity index (χ2n) is 6.02. The van der Waals surface area contributed by atoms with Gasteiger partial charge in [-0.1, -0.05) is 6.92 Å². The fourth-order valence-corrected chi connectivity index (χ4v) is 1.73. The van der Waals surface area contributed by atoms with Crippen molar-refractivity contribution in [3.8, 4) is 0 Å². The van der Waals surface area contributed by atoms with Gasteiger partial charge in [0.15, 0.2) is 0 Å². The Kier molecular flexibility index (Phi) is 5.20. The number of hydrogen-bond acceptors (Lipinski definition) is 4. The molecule has 0 aromatic carbocycles. The van der Waals surface area contributed by atoms with E-state index in [0.717, 1.165) is 12.8 Å². The molecule has 1 atom stereocenters. The number of esters is 1. The van der Waals surface area contributed by atoms with Crippen molar-refractivity contribution in [3.63, 3.8) is 0 Å². The van der Waals surface area contributed by atoms with Gasteiger partial charge in [-0.25, -0.2) is 4.79 Å². The van der Waals surface area contributed by atoms with E-state index in [4.69, 9.17) is 9.47 Å². The minimum absolute atomic E-state index is 0.215. The number of ether oxygens (including phenoxy) is 2. The summed E-state index contributed by atoms with van der Waals surface area (Å²) >= 11 is 0. The van der Waals surface area contributed by atoms with Crippen LogP contribution in [0.1, 0.15) is 47.5 Å². The summed E-state index contributed by atoms with van der Waals surface area (Å²) in [4.78, 5) is 25.4. The van der Waals surface area contributed by atoms with Crippen molar-refractivity contribution >= 4 is 12.1 Å². The summed E-state index contributed by atoms with van der Waals surface area (Å²) in [6.45, 7) is 9.78. The highest BCUT2D eigenvalue weighted by atomic mass is 16.6. The molecule has 0 saturated heterocycles. The molecule has 0 spiro atoms. The van der Waals surface area contributed by atoms with Gasteiger partial charge in [0.05, 0.1) is 12.5 Å². The lowest BCUT2D eigenvalue weighted by molar-refractivity contribution is -0.147. The monoisotopic (exact) mass is 271 g/mol. The molecule has 1 aliphatic carbocycles. The highest BCUT2D eigenvalue weighted by Crippen LogP contribution is 2.29. The van der Waals surface area contributed by atoms with Crippen LogP contribution < -0.4 is 0 Å². The zero-order valence-electron chi connectivity index (χ0n) is 12.6. The largest absolute Gasteiger partial charge is 0.466 e. The first-order valence-electron chi connectivity index (χ1n) is 6.91. The lowest BCUT2D eigenvalue weighted by Gasteiger charge is -2.28. The normalized spacial score (nSPS) is 16.7. The van der Waals surface area contributed by atoms with E-state index in [1.807, 2.05) is 20.8 Å². The first-order valence-corrected chi connectivity index (χ1v) is 6.91. The summed E-state index contributed by atoms with van der Waals surface area (Å²) in [5.74, 6) is -0.593. The Balaban J connectivity index is 2.58. The molecule has 1 rings (SSSR count). The Morgan fingerprint density at radius 2 is 1.89 bits per heavy atom. The molecule has 1 saturated carbocycles. The van der Waals surface area contributed by atoms with Crippen LogP contribution in [-0.2, 0) is 14.3 Å². The highest BCUT2D eigenvalue weighted by Gasteiger charge is 2.37. The average molecular weight is 271 g/mol. The van der Waals surface area contributed by atoms with E-state index in [-0.39, 0.29) is 24.0 Å². The van der Waals surface area contributed by atoms with Gasteiger partial charge in [0.2, 0.25) is 0 Å². The van der Waals surface area contributed by atoms with Gasteiger partial charge in [-0.3, -0.25) is 4.79 Å². The molecule has 0 radical (unpaired) electrons. The van der Waals surface area contributed by atoms with Crippen molar-refractivity contribution < 1.29 is 19.1 Å². The third-order valence-corrected chi connectivity index (χ3v) is 2.78. The Labute approximate surface area is 115 Å². The summed E-state index contributed by atoms with van der Waals surface area (Å²) in [5.41, 5.74) is -0.516. The summed E-state index contributed by atoms with van der Waals surface area (Å²) in [5, 5.41) is 0. The molecule has 1 aliphatic rings. The van der Waals surface area contributed by atoms with Crippen LogP contribution in [0.5, 0.6) is 0 Å². The molecular formula is C14H25NO4. The fraction of sp³-hybridized carbons (Fsp3) is 0.857. The average Bonchev–Trinajstić information content (AvgIpc) is 3.06. The molecule has 1 fully saturated rings. The standard InChI is InChI=1S/C14H25NO4/c1-6-18-12(16)10(2)9-15(11-7-8-11)13(17)19-14(3,4)5/h10-11H,6-9H2,1-5H3. The quantitative estimate of drug-likeness (QED) is 0.721. The number of carbonyl (C=O) groups excluding carboxylic acids is 2. The van der Waals surface area contributed by atoms with Gasteiger partial charge in [0, 0.05) is 12.6 Å². The molecule has 0 heterocycles. The predicted molar refractivity (Wildman–Crippen MR) is 71.8 cm³/mol. The van der Waals surface area contributed by atoms with Crippen LogP contribution in [0.3, 0.4) is 0 Å². The molecule has 5 heteroatoms. The third kappa shape index (κ3) is 5.49. The van der Waals surface area contributed by atoms with E-state index in [1.165, 1.54) is 0 Å². The first kappa shape index (κ1) is 15.8. The molecule has 0 aliphatic heterocycles. The van der Waals surface area contributed by atoms with E-state index < -0.39 is 5.60 Å². The molecule has 110 valence electrons.